The van der Waals surface area contributed by atoms with Gasteiger partial charge in [0.25, 0.3) is 5.91 Å². The smallest absolute Gasteiger partial charge is 0.252 e. The van der Waals surface area contributed by atoms with Crippen molar-refractivity contribution < 1.29 is 4.79 Å². The predicted octanol–water partition coefficient (Wildman–Crippen LogP) is 4.22. The Morgan fingerprint density at radius 3 is 2.68 bits per heavy atom. The van der Waals surface area contributed by atoms with Gasteiger partial charge in [-0.2, -0.15) is 4.99 Å². The van der Waals surface area contributed by atoms with Crippen molar-refractivity contribution in [1.82, 2.24) is 4.57 Å². The van der Waals surface area contributed by atoms with Crippen LogP contribution in [0.4, 0.5) is 0 Å². The lowest BCUT2D eigenvalue weighted by atomic mass is 10.1. The van der Waals surface area contributed by atoms with Crippen LogP contribution in [-0.4, -0.2) is 10.5 Å². The van der Waals surface area contributed by atoms with E-state index < -0.39 is 0 Å². The maximum absolute atomic E-state index is 12.2. The molecule has 0 fully saturated rings. The molecule has 0 saturated heterocycles. The molecule has 22 heavy (non-hydrogen) atoms. The van der Waals surface area contributed by atoms with Crippen LogP contribution in [-0.2, 0) is 18.3 Å². The van der Waals surface area contributed by atoms with Gasteiger partial charge in [0.2, 0.25) is 0 Å². The summed E-state index contributed by atoms with van der Waals surface area (Å²) in [6.07, 6.45) is 0.200. The average Bonchev–Trinajstić information content (AvgIpc) is 2.80. The van der Waals surface area contributed by atoms with Crippen molar-refractivity contribution in [2.24, 2.45) is 12.0 Å². The number of rotatable bonds is 2. The zero-order valence-electron chi connectivity index (χ0n) is 11.7. The molecular weight excluding hydrogens is 339 g/mol. The summed E-state index contributed by atoms with van der Waals surface area (Å²) in [5.74, 6) is -0.208. The zero-order valence-corrected chi connectivity index (χ0v) is 14.0. The monoisotopic (exact) mass is 350 g/mol. The van der Waals surface area contributed by atoms with Crippen molar-refractivity contribution in [1.29, 1.82) is 0 Å². The van der Waals surface area contributed by atoms with Crippen molar-refractivity contribution in [2.45, 2.75) is 6.42 Å². The molecule has 3 nitrogen and oxygen atoms in total. The van der Waals surface area contributed by atoms with Crippen LogP contribution in [0, 0.1) is 0 Å². The van der Waals surface area contributed by atoms with E-state index in [2.05, 4.69) is 4.99 Å². The third-order valence-electron chi connectivity index (χ3n) is 3.27. The highest BCUT2D eigenvalue weighted by Gasteiger charge is 2.07. The maximum Gasteiger partial charge on any atom is 0.252 e. The van der Waals surface area contributed by atoms with Crippen LogP contribution < -0.4 is 4.80 Å². The third kappa shape index (κ3) is 3.09. The van der Waals surface area contributed by atoms with Gasteiger partial charge in [-0.15, -0.1) is 0 Å². The van der Waals surface area contributed by atoms with Crippen LogP contribution in [0.3, 0.4) is 0 Å². The van der Waals surface area contributed by atoms with Gasteiger partial charge in [-0.25, -0.2) is 0 Å². The molecular formula is C16H12Cl2N2OS. The lowest BCUT2D eigenvalue weighted by Gasteiger charge is -2.00. The Morgan fingerprint density at radius 1 is 1.18 bits per heavy atom. The highest BCUT2D eigenvalue weighted by molar-refractivity contribution is 7.16. The molecule has 0 bridgehead atoms. The van der Waals surface area contributed by atoms with Crippen LogP contribution in [0.1, 0.15) is 5.56 Å². The second-order valence-electron chi connectivity index (χ2n) is 4.84. The summed E-state index contributed by atoms with van der Waals surface area (Å²) in [5.41, 5.74) is 1.86. The molecule has 112 valence electrons. The molecule has 1 amide bonds. The maximum atomic E-state index is 12.2. The fourth-order valence-corrected chi connectivity index (χ4v) is 3.51. The third-order valence-corrected chi connectivity index (χ3v) is 5.13. The van der Waals surface area contributed by atoms with Gasteiger partial charge >= 0.3 is 0 Å². The van der Waals surface area contributed by atoms with Gasteiger partial charge in [0.1, 0.15) is 0 Å². The SMILES string of the molecule is Cn1c(=NC(=O)Cc2ccc(Cl)c(Cl)c2)sc2ccccc21. The number of carbonyl (C=O) groups excluding carboxylic acids is 1. The zero-order chi connectivity index (χ0) is 15.7. The lowest BCUT2D eigenvalue weighted by molar-refractivity contribution is -0.117. The summed E-state index contributed by atoms with van der Waals surface area (Å²) in [6.45, 7) is 0. The van der Waals surface area contributed by atoms with Crippen molar-refractivity contribution in [3.05, 3.63) is 62.9 Å². The fourth-order valence-electron chi connectivity index (χ4n) is 2.16. The highest BCUT2D eigenvalue weighted by atomic mass is 35.5. The fraction of sp³-hybridized carbons (Fsp3) is 0.125. The summed E-state index contributed by atoms with van der Waals surface area (Å²) >= 11 is 13.3. The van der Waals surface area contributed by atoms with E-state index in [1.54, 1.807) is 18.2 Å². The summed E-state index contributed by atoms with van der Waals surface area (Å²) in [6, 6.07) is 13.1. The largest absolute Gasteiger partial charge is 0.319 e. The van der Waals surface area contributed by atoms with Crippen LogP contribution in [0.25, 0.3) is 10.2 Å². The van der Waals surface area contributed by atoms with Crippen molar-refractivity contribution in [3.63, 3.8) is 0 Å². The van der Waals surface area contributed by atoms with Crippen LogP contribution >= 0.6 is 34.5 Å². The summed E-state index contributed by atoms with van der Waals surface area (Å²) < 4.78 is 3.03. The van der Waals surface area contributed by atoms with Gasteiger partial charge in [0.15, 0.2) is 4.80 Å². The molecule has 1 aromatic heterocycles. The first-order valence-electron chi connectivity index (χ1n) is 6.60. The molecule has 0 saturated carbocycles. The predicted molar refractivity (Wildman–Crippen MR) is 91.5 cm³/mol. The number of hydrogen-bond donors (Lipinski definition) is 0. The van der Waals surface area contributed by atoms with Crippen molar-refractivity contribution in [3.8, 4) is 0 Å². The van der Waals surface area contributed by atoms with E-state index in [-0.39, 0.29) is 12.3 Å². The molecule has 0 aliphatic rings. The van der Waals surface area contributed by atoms with E-state index in [9.17, 15) is 4.79 Å². The number of halogens is 2. The molecule has 1 heterocycles. The molecule has 3 rings (SSSR count). The Kier molecular flexibility index (Phi) is 4.34. The number of aromatic nitrogens is 1. The van der Waals surface area contributed by atoms with E-state index in [1.807, 2.05) is 35.9 Å². The topological polar surface area (TPSA) is 34.4 Å². The minimum absolute atomic E-state index is 0.200. The molecule has 0 spiro atoms. The number of fused-ring (bicyclic) bond motifs is 1. The first-order chi connectivity index (χ1) is 10.5. The number of nitrogens with zero attached hydrogens (tertiary/aromatic N) is 2. The molecule has 2 aromatic carbocycles. The minimum atomic E-state index is -0.208. The quantitative estimate of drug-likeness (QED) is 0.681. The van der Waals surface area contributed by atoms with E-state index in [0.717, 1.165) is 15.8 Å². The van der Waals surface area contributed by atoms with Gasteiger partial charge in [-0.1, -0.05) is 52.7 Å². The second kappa shape index (κ2) is 6.24. The average molecular weight is 351 g/mol. The Balaban J connectivity index is 1.91. The Morgan fingerprint density at radius 2 is 1.95 bits per heavy atom. The number of aryl methyl sites for hydroxylation is 1. The van der Waals surface area contributed by atoms with Gasteiger partial charge in [-0.3, -0.25) is 4.79 Å². The summed E-state index contributed by atoms with van der Waals surface area (Å²) in [5, 5.41) is 0.921. The standard InChI is InChI=1S/C16H12Cl2N2OS/c1-20-13-4-2-3-5-14(13)22-16(20)19-15(21)9-10-6-7-11(17)12(18)8-10/h2-8H,9H2,1H3. The molecule has 6 heteroatoms. The number of para-hydroxylation sites is 1. The number of carbonyl (C=O) groups is 1. The normalized spacial score (nSPS) is 12.0. The lowest BCUT2D eigenvalue weighted by Crippen LogP contribution is -2.14. The van der Waals surface area contributed by atoms with Crippen LogP contribution in [0.5, 0.6) is 0 Å². The molecule has 0 aliphatic heterocycles. The molecule has 0 radical (unpaired) electrons. The van der Waals surface area contributed by atoms with E-state index in [1.165, 1.54) is 11.3 Å². The number of amides is 1. The van der Waals surface area contributed by atoms with Gasteiger partial charge in [0, 0.05) is 7.05 Å². The van der Waals surface area contributed by atoms with E-state index in [4.69, 9.17) is 23.2 Å². The van der Waals surface area contributed by atoms with Gasteiger partial charge in [0.05, 0.1) is 26.7 Å². The Bertz CT molecular complexity index is 927. The molecule has 0 atom stereocenters. The van der Waals surface area contributed by atoms with Crippen LogP contribution in [0.2, 0.25) is 10.0 Å². The summed E-state index contributed by atoms with van der Waals surface area (Å²) in [7, 11) is 1.91. The van der Waals surface area contributed by atoms with Crippen LogP contribution in [0.15, 0.2) is 47.5 Å². The Labute approximate surface area is 141 Å². The number of hydrogen-bond acceptors (Lipinski definition) is 2. The molecule has 3 aromatic rings. The number of benzene rings is 2. The highest BCUT2D eigenvalue weighted by Crippen LogP contribution is 2.23. The van der Waals surface area contributed by atoms with Gasteiger partial charge in [-0.05, 0) is 29.8 Å². The summed E-state index contributed by atoms with van der Waals surface area (Å²) in [4.78, 5) is 17.1. The molecule has 0 aliphatic carbocycles. The number of thiazole rings is 1. The molecule has 0 unspecified atom stereocenters. The molecule has 0 N–H and O–H groups in total. The van der Waals surface area contributed by atoms with Crippen molar-refractivity contribution >= 4 is 50.7 Å². The van der Waals surface area contributed by atoms with E-state index in [0.29, 0.717) is 14.8 Å². The minimum Gasteiger partial charge on any atom is -0.319 e. The second-order valence-corrected chi connectivity index (χ2v) is 6.67. The first kappa shape index (κ1) is 15.3. The van der Waals surface area contributed by atoms with E-state index >= 15 is 0 Å². The Hall–Kier alpha value is -1.62. The van der Waals surface area contributed by atoms with Crippen molar-refractivity contribution in [2.75, 3.05) is 0 Å². The first-order valence-corrected chi connectivity index (χ1v) is 8.18. The van der Waals surface area contributed by atoms with Gasteiger partial charge < -0.3 is 4.57 Å².